The predicted molar refractivity (Wildman–Crippen MR) is 60.6 cm³/mol. The summed E-state index contributed by atoms with van der Waals surface area (Å²) in [5.74, 6) is -1.34. The number of quaternary nitrogens is 1. The maximum atomic E-state index is 10.1. The van der Waals surface area contributed by atoms with Crippen LogP contribution in [-0.4, -0.2) is 49.0 Å². The van der Waals surface area contributed by atoms with Crippen LogP contribution in [0.3, 0.4) is 0 Å². The summed E-state index contributed by atoms with van der Waals surface area (Å²) < 4.78 is 4.28. The molecule has 0 unspecified atom stereocenters. The van der Waals surface area contributed by atoms with Crippen molar-refractivity contribution in [3.63, 3.8) is 0 Å². The number of nitrogens with zero attached hydrogens (tertiary/aromatic N) is 1. The summed E-state index contributed by atoms with van der Waals surface area (Å²) in [6, 6.07) is 0. The summed E-state index contributed by atoms with van der Waals surface area (Å²) in [5.41, 5.74) is 3.64. The summed E-state index contributed by atoms with van der Waals surface area (Å²) in [6.45, 7) is 0.168. The first-order chi connectivity index (χ1) is 6.54. The van der Waals surface area contributed by atoms with Gasteiger partial charge in [-0.15, -0.1) is 0 Å². The van der Waals surface area contributed by atoms with Crippen LogP contribution in [0.5, 0.6) is 0 Å². The number of aliphatic hydroxyl groups is 1. The maximum Gasteiger partial charge on any atom is 0.168 e. The fraction of sp³-hybridized carbons (Fsp3) is 0.857. The van der Waals surface area contributed by atoms with Crippen LogP contribution in [0.1, 0.15) is 6.42 Å². The molecule has 0 saturated heterocycles. The summed E-state index contributed by atoms with van der Waals surface area (Å²) in [6.07, 6.45) is -0.539. The summed E-state index contributed by atoms with van der Waals surface area (Å²) in [5, 5.41) is 19.5. The van der Waals surface area contributed by atoms with E-state index < -0.39 is 18.1 Å². The highest BCUT2D eigenvalue weighted by Gasteiger charge is 2.28. The van der Waals surface area contributed by atoms with Gasteiger partial charge in [0.2, 0.25) is 0 Å². The molecule has 0 amide bonds. The second-order valence-corrected chi connectivity index (χ2v) is 5.68. The molecule has 6 nitrogen and oxygen atoms in total. The molecule has 0 heterocycles. The average molecular weight is 352 g/mol. The summed E-state index contributed by atoms with van der Waals surface area (Å²) in [7, 11) is 5.44. The van der Waals surface area contributed by atoms with Crippen molar-refractivity contribution in [2.45, 2.75) is 12.1 Å². The quantitative estimate of drug-likeness (QED) is 0.505. The van der Waals surface area contributed by atoms with Crippen molar-refractivity contribution in [3.05, 3.63) is 0 Å². The van der Waals surface area contributed by atoms with E-state index in [0.717, 1.165) is 0 Å². The number of carbonyl (C=O) groups is 1. The zero-order valence-electron chi connectivity index (χ0n) is 8.87. The highest BCUT2D eigenvalue weighted by molar-refractivity contribution is 9.18. The molecule has 0 saturated carbocycles. The van der Waals surface area contributed by atoms with Crippen LogP contribution in [0.25, 0.3) is 0 Å². The molecule has 3 N–H and O–H groups in total. The maximum absolute atomic E-state index is 10.1. The molecule has 0 aliphatic rings. The van der Waals surface area contributed by atoms with Crippen molar-refractivity contribution >= 4 is 38.5 Å². The molecule has 92 valence electrons. The molecule has 0 fully saturated rings. The minimum absolute atomic E-state index is 0.168. The van der Waals surface area contributed by atoms with Crippen LogP contribution in [0, 0.1) is 0 Å². The number of nitrogens with two attached hydrogens (primary N) is 1. The second-order valence-electron chi connectivity index (χ2n) is 4.16. The van der Waals surface area contributed by atoms with Gasteiger partial charge in [0.05, 0.1) is 21.1 Å². The minimum Gasteiger partial charge on any atom is -0.550 e. The van der Waals surface area contributed by atoms with Gasteiger partial charge in [0.25, 0.3) is 0 Å². The second kappa shape index (κ2) is 7.53. The van der Waals surface area contributed by atoms with Gasteiger partial charge in [0.1, 0.15) is 39.1 Å². The normalized spacial score (nSPS) is 14.9. The van der Waals surface area contributed by atoms with Gasteiger partial charge in [-0.1, -0.05) is 0 Å². The fourth-order valence-electron chi connectivity index (χ4n) is 1.13. The Hall–Kier alpha value is 0.270. The Balaban J connectivity index is 0. The van der Waals surface area contributed by atoms with Crippen LogP contribution in [0.15, 0.2) is 0 Å². The lowest BCUT2D eigenvalue weighted by molar-refractivity contribution is -0.877. The lowest BCUT2D eigenvalue weighted by Gasteiger charge is -2.32. The van der Waals surface area contributed by atoms with E-state index in [1.54, 1.807) is 0 Å². The van der Waals surface area contributed by atoms with E-state index in [9.17, 15) is 15.0 Å². The monoisotopic (exact) mass is 350 g/mol. The number of carboxylic acids is 1. The van der Waals surface area contributed by atoms with Gasteiger partial charge in [0, 0.05) is 12.4 Å². The molecule has 0 rings (SSSR count). The van der Waals surface area contributed by atoms with Crippen LogP contribution >= 0.6 is 32.5 Å². The number of halogens is 2. The van der Waals surface area contributed by atoms with Crippen molar-refractivity contribution < 1.29 is 22.4 Å². The van der Waals surface area contributed by atoms with Crippen LogP contribution in [0.2, 0.25) is 0 Å². The third kappa shape index (κ3) is 16.9. The number of hydrogen-bond donors (Lipinski definition) is 2. The Morgan fingerprint density at radius 1 is 1.53 bits per heavy atom. The van der Waals surface area contributed by atoms with Crippen molar-refractivity contribution in [3.8, 4) is 0 Å². The highest BCUT2D eigenvalue weighted by atomic mass is 79.9. The molecule has 0 radical (unpaired) electrons. The topological polar surface area (TPSA) is 95.6 Å². The third-order valence-corrected chi connectivity index (χ3v) is 1.20. The Bertz CT molecular complexity index is 194. The standard InChI is InChI=1S/C7H16N2O3.Br2O/c1-9(2,3)5-7(8,12)4-6(10)11;1-3-2/h12H,4-5,8H2,1-3H3;/t7-;/m1./s1. The van der Waals surface area contributed by atoms with E-state index in [1.165, 1.54) is 0 Å². The first kappa shape index (κ1) is 17.7. The van der Waals surface area contributed by atoms with E-state index in [2.05, 4.69) is 35.4 Å². The molecule has 8 heteroatoms. The van der Waals surface area contributed by atoms with Gasteiger partial charge in [-0.05, 0) is 0 Å². The van der Waals surface area contributed by atoms with Crippen LogP contribution in [0.4, 0.5) is 0 Å². The van der Waals surface area contributed by atoms with Gasteiger partial charge < -0.3 is 19.5 Å². The molecule has 0 aliphatic heterocycles. The molecule has 15 heavy (non-hydrogen) atoms. The SMILES string of the molecule is BrOBr.C[N+](C)(C)C[C@](N)(O)CC(=O)[O-]. The molecule has 1 atom stereocenters. The van der Waals surface area contributed by atoms with Gasteiger partial charge >= 0.3 is 0 Å². The number of rotatable bonds is 4. The number of hydrogen-bond acceptors (Lipinski definition) is 5. The number of aliphatic carboxylic acids is 1. The van der Waals surface area contributed by atoms with Crippen molar-refractivity contribution in [2.75, 3.05) is 27.7 Å². The molecular weight excluding hydrogens is 336 g/mol. The number of carboxylic acid groups (broad SMARTS) is 1. The molecular formula is C7H16Br2N2O4. The summed E-state index contributed by atoms with van der Waals surface area (Å²) >= 11 is 5.12. The molecule has 0 aromatic rings. The van der Waals surface area contributed by atoms with Gasteiger partial charge in [-0.2, -0.15) is 0 Å². The van der Waals surface area contributed by atoms with Gasteiger partial charge in [-0.3, -0.25) is 5.73 Å². The zero-order valence-corrected chi connectivity index (χ0v) is 12.0. The first-order valence-corrected chi connectivity index (χ1v) is 5.24. The largest absolute Gasteiger partial charge is 0.550 e. The Morgan fingerprint density at radius 2 is 1.87 bits per heavy atom. The Morgan fingerprint density at radius 3 is 2.07 bits per heavy atom. The Labute approximate surface area is 106 Å². The minimum atomic E-state index is -1.68. The van der Waals surface area contributed by atoms with E-state index >= 15 is 0 Å². The molecule has 0 aliphatic carbocycles. The van der Waals surface area contributed by atoms with E-state index in [4.69, 9.17) is 5.73 Å². The summed E-state index contributed by atoms with van der Waals surface area (Å²) in [4.78, 5) is 10.1. The molecule has 0 aromatic heterocycles. The van der Waals surface area contributed by atoms with E-state index in [1.807, 2.05) is 21.1 Å². The zero-order chi connectivity index (χ0) is 12.7. The number of likely N-dealkylation sites (N-methyl/N-ethyl adjacent to an activating group) is 1. The smallest absolute Gasteiger partial charge is 0.168 e. The molecule has 0 bridgehead atoms. The van der Waals surface area contributed by atoms with Crippen LogP contribution < -0.4 is 10.8 Å². The lowest BCUT2D eigenvalue weighted by atomic mass is 10.1. The van der Waals surface area contributed by atoms with E-state index in [-0.39, 0.29) is 6.54 Å². The van der Waals surface area contributed by atoms with Crippen molar-refractivity contribution in [2.24, 2.45) is 5.73 Å². The van der Waals surface area contributed by atoms with Gasteiger partial charge in [0.15, 0.2) is 5.72 Å². The Kier molecular flexibility index (Phi) is 8.86. The molecule has 0 aromatic carbocycles. The fourth-order valence-corrected chi connectivity index (χ4v) is 1.13. The third-order valence-electron chi connectivity index (χ3n) is 1.20. The average Bonchev–Trinajstić information content (AvgIpc) is 1.76. The van der Waals surface area contributed by atoms with E-state index in [0.29, 0.717) is 4.48 Å². The van der Waals surface area contributed by atoms with Gasteiger partial charge in [-0.25, -0.2) is 2.92 Å². The molecule has 0 spiro atoms. The van der Waals surface area contributed by atoms with Crippen LogP contribution in [-0.2, 0) is 7.71 Å². The first-order valence-electron chi connectivity index (χ1n) is 3.95. The van der Waals surface area contributed by atoms with Crippen molar-refractivity contribution in [1.29, 1.82) is 0 Å². The lowest BCUT2D eigenvalue weighted by Crippen LogP contribution is -2.56. The predicted octanol–water partition coefficient (Wildman–Crippen LogP) is -0.897. The highest BCUT2D eigenvalue weighted by Crippen LogP contribution is 2.06. The van der Waals surface area contributed by atoms with Crippen molar-refractivity contribution in [1.82, 2.24) is 0 Å². The number of carbonyl (C=O) groups excluding carboxylic acids is 1.